The summed E-state index contributed by atoms with van der Waals surface area (Å²) in [6.07, 6.45) is 0.534. The van der Waals surface area contributed by atoms with Crippen molar-refractivity contribution in [3.05, 3.63) is 101 Å². The van der Waals surface area contributed by atoms with Crippen molar-refractivity contribution in [3.8, 4) is 5.75 Å². The molecule has 0 bridgehead atoms. The molecule has 3 amide bonds. The molecule has 1 aliphatic rings. The van der Waals surface area contributed by atoms with Crippen molar-refractivity contribution in [2.45, 2.75) is 6.42 Å². The lowest BCUT2D eigenvalue weighted by Crippen LogP contribution is -2.34. The van der Waals surface area contributed by atoms with Crippen molar-refractivity contribution in [2.75, 3.05) is 24.3 Å². The van der Waals surface area contributed by atoms with E-state index in [9.17, 15) is 14.4 Å². The Bertz CT molecular complexity index is 1260. The topological polar surface area (TPSA) is 87.7 Å². The van der Waals surface area contributed by atoms with E-state index in [1.807, 2.05) is 36.4 Å². The standard InChI is InChI=1S/C26H22ClN3O4/c1-34-21-10-6-5-9-20(21)29-24(31)18-11-13-19(14-12-18)28-23-22(27)25(32)30(26(23)33)16-15-17-7-3-2-4-8-17/h2-14,28H,15-16H2,1H3,(H,29,31). The molecule has 3 aromatic rings. The number of para-hydroxylation sites is 2. The summed E-state index contributed by atoms with van der Waals surface area (Å²) in [5.41, 5.74) is 2.52. The molecular formula is C26H22ClN3O4. The van der Waals surface area contributed by atoms with E-state index >= 15 is 0 Å². The van der Waals surface area contributed by atoms with Gasteiger partial charge in [0.1, 0.15) is 16.5 Å². The predicted molar refractivity (Wildman–Crippen MR) is 131 cm³/mol. The number of ether oxygens (including phenoxy) is 1. The first kappa shape index (κ1) is 23.1. The Morgan fingerprint density at radius 1 is 0.912 bits per heavy atom. The minimum absolute atomic E-state index is 0.0194. The largest absolute Gasteiger partial charge is 0.495 e. The number of rotatable bonds is 8. The summed E-state index contributed by atoms with van der Waals surface area (Å²) in [5, 5.41) is 5.56. The zero-order chi connectivity index (χ0) is 24.1. The van der Waals surface area contributed by atoms with E-state index in [0.717, 1.165) is 10.5 Å². The van der Waals surface area contributed by atoms with Crippen LogP contribution < -0.4 is 15.4 Å². The van der Waals surface area contributed by atoms with Gasteiger partial charge in [0.2, 0.25) is 0 Å². The average Bonchev–Trinajstić information content (AvgIpc) is 3.06. The van der Waals surface area contributed by atoms with Gasteiger partial charge in [0, 0.05) is 17.8 Å². The third-order valence-electron chi connectivity index (χ3n) is 5.35. The lowest BCUT2D eigenvalue weighted by molar-refractivity contribution is -0.137. The zero-order valence-corrected chi connectivity index (χ0v) is 19.1. The van der Waals surface area contributed by atoms with Crippen molar-refractivity contribution in [1.29, 1.82) is 0 Å². The van der Waals surface area contributed by atoms with E-state index in [1.54, 1.807) is 42.5 Å². The number of methoxy groups -OCH3 is 1. The van der Waals surface area contributed by atoms with Gasteiger partial charge in [0.25, 0.3) is 17.7 Å². The Morgan fingerprint density at radius 3 is 2.29 bits per heavy atom. The van der Waals surface area contributed by atoms with Crippen LogP contribution in [0.15, 0.2) is 89.6 Å². The third kappa shape index (κ3) is 4.94. The highest BCUT2D eigenvalue weighted by Crippen LogP contribution is 2.27. The highest BCUT2D eigenvalue weighted by molar-refractivity contribution is 6.48. The molecule has 0 atom stereocenters. The first-order chi connectivity index (χ1) is 16.5. The van der Waals surface area contributed by atoms with Crippen LogP contribution in [0.1, 0.15) is 15.9 Å². The Labute approximate surface area is 202 Å². The quantitative estimate of drug-likeness (QED) is 0.471. The molecule has 7 nitrogen and oxygen atoms in total. The summed E-state index contributed by atoms with van der Waals surface area (Å²) in [6, 6.07) is 23.2. The molecule has 34 heavy (non-hydrogen) atoms. The van der Waals surface area contributed by atoms with Crippen LogP contribution >= 0.6 is 11.6 Å². The van der Waals surface area contributed by atoms with Crippen LogP contribution in [0.4, 0.5) is 11.4 Å². The van der Waals surface area contributed by atoms with E-state index in [-0.39, 0.29) is 23.2 Å². The fourth-order valence-electron chi connectivity index (χ4n) is 3.54. The first-order valence-corrected chi connectivity index (χ1v) is 11.0. The van der Waals surface area contributed by atoms with E-state index in [1.165, 1.54) is 7.11 Å². The first-order valence-electron chi connectivity index (χ1n) is 10.6. The predicted octanol–water partition coefficient (Wildman–Crippen LogP) is 4.42. The number of benzene rings is 3. The van der Waals surface area contributed by atoms with Crippen LogP contribution in [0.3, 0.4) is 0 Å². The smallest absolute Gasteiger partial charge is 0.278 e. The Morgan fingerprint density at radius 2 is 1.59 bits per heavy atom. The molecule has 1 heterocycles. The van der Waals surface area contributed by atoms with Gasteiger partial charge in [-0.3, -0.25) is 19.3 Å². The zero-order valence-electron chi connectivity index (χ0n) is 18.4. The van der Waals surface area contributed by atoms with Crippen LogP contribution in [-0.2, 0) is 16.0 Å². The maximum atomic E-state index is 12.8. The van der Waals surface area contributed by atoms with Gasteiger partial charge >= 0.3 is 0 Å². The number of hydrogen-bond acceptors (Lipinski definition) is 5. The van der Waals surface area contributed by atoms with Crippen LogP contribution in [0.2, 0.25) is 0 Å². The number of hydrogen-bond donors (Lipinski definition) is 2. The second kappa shape index (κ2) is 10.2. The molecular weight excluding hydrogens is 454 g/mol. The van der Waals surface area contributed by atoms with Gasteiger partial charge in [0.15, 0.2) is 0 Å². The van der Waals surface area contributed by atoms with Crippen molar-refractivity contribution < 1.29 is 19.1 Å². The van der Waals surface area contributed by atoms with Gasteiger partial charge in [-0.2, -0.15) is 0 Å². The number of anilines is 2. The molecule has 4 rings (SSSR count). The number of amides is 3. The summed E-state index contributed by atoms with van der Waals surface area (Å²) in [7, 11) is 1.53. The molecule has 172 valence electrons. The minimum Gasteiger partial charge on any atom is -0.495 e. The molecule has 0 spiro atoms. The summed E-state index contributed by atoms with van der Waals surface area (Å²) in [5.74, 6) is -0.772. The summed E-state index contributed by atoms with van der Waals surface area (Å²) in [4.78, 5) is 39.1. The van der Waals surface area contributed by atoms with Gasteiger partial charge in [-0.15, -0.1) is 0 Å². The molecule has 0 aromatic heterocycles. The van der Waals surface area contributed by atoms with Gasteiger partial charge in [-0.1, -0.05) is 54.1 Å². The van der Waals surface area contributed by atoms with Crippen molar-refractivity contribution in [3.63, 3.8) is 0 Å². The molecule has 0 saturated heterocycles. The summed E-state index contributed by atoms with van der Waals surface area (Å²) in [6.45, 7) is 0.227. The summed E-state index contributed by atoms with van der Waals surface area (Å²) < 4.78 is 5.25. The molecule has 0 saturated carbocycles. The number of nitrogens with zero attached hydrogens (tertiary/aromatic N) is 1. The molecule has 1 aliphatic heterocycles. The number of carbonyl (C=O) groups excluding carboxylic acids is 3. The van der Waals surface area contributed by atoms with Crippen molar-refractivity contribution >= 4 is 40.7 Å². The average molecular weight is 476 g/mol. The lowest BCUT2D eigenvalue weighted by atomic mass is 10.1. The van der Waals surface area contributed by atoms with Crippen LogP contribution in [0.5, 0.6) is 5.75 Å². The number of imide groups is 1. The Kier molecular flexibility index (Phi) is 6.94. The maximum Gasteiger partial charge on any atom is 0.278 e. The Hall–Kier alpha value is -4.10. The molecule has 3 aromatic carbocycles. The molecule has 8 heteroatoms. The Balaban J connectivity index is 1.41. The highest BCUT2D eigenvalue weighted by Gasteiger charge is 2.37. The minimum atomic E-state index is -0.530. The van der Waals surface area contributed by atoms with Crippen LogP contribution in [-0.4, -0.2) is 36.3 Å². The van der Waals surface area contributed by atoms with Gasteiger partial charge in [0.05, 0.1) is 12.8 Å². The molecule has 0 radical (unpaired) electrons. The SMILES string of the molecule is COc1ccccc1NC(=O)c1ccc(NC2=C(Cl)C(=O)N(CCc3ccccc3)C2=O)cc1. The van der Waals surface area contributed by atoms with E-state index < -0.39 is 11.8 Å². The van der Waals surface area contributed by atoms with Gasteiger partial charge < -0.3 is 15.4 Å². The molecule has 2 N–H and O–H groups in total. The van der Waals surface area contributed by atoms with E-state index in [0.29, 0.717) is 29.1 Å². The second-order valence-electron chi connectivity index (χ2n) is 7.54. The van der Waals surface area contributed by atoms with Gasteiger partial charge in [-0.25, -0.2) is 0 Å². The van der Waals surface area contributed by atoms with Gasteiger partial charge in [-0.05, 0) is 48.4 Å². The van der Waals surface area contributed by atoms with Crippen molar-refractivity contribution in [2.24, 2.45) is 0 Å². The van der Waals surface area contributed by atoms with Crippen molar-refractivity contribution in [1.82, 2.24) is 4.90 Å². The molecule has 0 fully saturated rings. The van der Waals surface area contributed by atoms with Crippen LogP contribution in [0, 0.1) is 0 Å². The number of carbonyl (C=O) groups is 3. The maximum absolute atomic E-state index is 12.8. The van der Waals surface area contributed by atoms with E-state index in [4.69, 9.17) is 16.3 Å². The number of halogens is 1. The van der Waals surface area contributed by atoms with Crippen LogP contribution in [0.25, 0.3) is 0 Å². The highest BCUT2D eigenvalue weighted by atomic mass is 35.5. The number of nitrogens with one attached hydrogen (secondary N) is 2. The lowest BCUT2D eigenvalue weighted by Gasteiger charge is -2.15. The fourth-order valence-corrected chi connectivity index (χ4v) is 3.77. The molecule has 0 unspecified atom stereocenters. The second-order valence-corrected chi connectivity index (χ2v) is 7.92. The molecule has 0 aliphatic carbocycles. The third-order valence-corrected chi connectivity index (χ3v) is 5.70. The summed E-state index contributed by atoms with van der Waals surface area (Å²) >= 11 is 6.18. The monoisotopic (exact) mass is 475 g/mol. The fraction of sp³-hybridized carbons (Fsp3) is 0.115. The normalized spacial score (nSPS) is 13.3. The van der Waals surface area contributed by atoms with E-state index in [2.05, 4.69) is 10.6 Å².